The van der Waals surface area contributed by atoms with Crippen molar-refractivity contribution in [3.05, 3.63) is 41.2 Å². The first-order chi connectivity index (χ1) is 17.6. The first kappa shape index (κ1) is 28.6. The predicted octanol–water partition coefficient (Wildman–Crippen LogP) is 1.42. The summed E-state index contributed by atoms with van der Waals surface area (Å²) in [5, 5.41) is 11.8. The van der Waals surface area contributed by atoms with E-state index in [1.807, 2.05) is 6.92 Å². The molecular formula is C25H37N5O6S. The molecule has 0 aliphatic carbocycles. The second-order valence-corrected chi connectivity index (χ2v) is 10.9. The van der Waals surface area contributed by atoms with Gasteiger partial charge >= 0.3 is 0 Å². The molecule has 3 rings (SSSR count). The summed E-state index contributed by atoms with van der Waals surface area (Å²) >= 11 is 0. The van der Waals surface area contributed by atoms with Crippen molar-refractivity contribution in [1.82, 2.24) is 13.8 Å². The molecule has 1 aliphatic heterocycles. The van der Waals surface area contributed by atoms with Crippen molar-refractivity contribution < 1.29 is 27.9 Å². The third kappa shape index (κ3) is 6.50. The number of benzene rings is 1. The highest BCUT2D eigenvalue weighted by Gasteiger charge is 2.30. The Labute approximate surface area is 218 Å². The number of anilines is 1. The Hall–Kier alpha value is -2.93. The number of piperazine rings is 1. The summed E-state index contributed by atoms with van der Waals surface area (Å²) in [7, 11) is -2.18. The average molecular weight is 536 g/mol. The van der Waals surface area contributed by atoms with Crippen LogP contribution in [-0.2, 0) is 23.5 Å². The minimum absolute atomic E-state index is 0.0121. The van der Waals surface area contributed by atoms with Crippen molar-refractivity contribution in [3.8, 4) is 5.75 Å². The van der Waals surface area contributed by atoms with E-state index in [-0.39, 0.29) is 35.1 Å². The van der Waals surface area contributed by atoms with Crippen LogP contribution in [0.5, 0.6) is 5.75 Å². The average Bonchev–Trinajstić information content (AvgIpc) is 3.17. The van der Waals surface area contributed by atoms with E-state index in [0.717, 1.165) is 12.0 Å². The van der Waals surface area contributed by atoms with Gasteiger partial charge in [-0.2, -0.15) is 4.31 Å². The summed E-state index contributed by atoms with van der Waals surface area (Å²) in [5.74, 6) is -1.04. The first-order valence-electron chi connectivity index (χ1n) is 12.5. The maximum absolute atomic E-state index is 13.5. The Balaban J connectivity index is 1.92. The number of aliphatic hydroxyl groups excluding tert-OH is 1. The Bertz CT molecular complexity index is 1220. The molecule has 0 atom stereocenters. The number of aromatic nitrogens is 1. The number of aryl methyl sites for hydroxylation is 2. The van der Waals surface area contributed by atoms with Gasteiger partial charge in [0.1, 0.15) is 11.4 Å². The highest BCUT2D eigenvalue weighted by molar-refractivity contribution is 7.89. The minimum Gasteiger partial charge on any atom is -0.493 e. The van der Waals surface area contributed by atoms with Gasteiger partial charge < -0.3 is 30.4 Å². The number of carbonyl (C=O) groups is 2. The van der Waals surface area contributed by atoms with Gasteiger partial charge in [-0.1, -0.05) is 13.3 Å². The maximum atomic E-state index is 13.5. The smallest absolute Gasteiger partial charge is 0.267 e. The zero-order valence-electron chi connectivity index (χ0n) is 21.7. The highest BCUT2D eigenvalue weighted by atomic mass is 32.2. The normalized spacial score (nSPS) is 15.0. The molecule has 2 heterocycles. The van der Waals surface area contributed by atoms with E-state index in [4.69, 9.17) is 15.6 Å². The molecule has 0 spiro atoms. The molecule has 1 fully saturated rings. The largest absolute Gasteiger partial charge is 0.493 e. The Morgan fingerprint density at radius 3 is 2.46 bits per heavy atom. The maximum Gasteiger partial charge on any atom is 0.267 e. The van der Waals surface area contributed by atoms with E-state index in [9.17, 15) is 18.0 Å². The lowest BCUT2D eigenvalue weighted by Crippen LogP contribution is -2.48. The van der Waals surface area contributed by atoms with Crippen LogP contribution >= 0.6 is 0 Å². The molecule has 0 unspecified atom stereocenters. The summed E-state index contributed by atoms with van der Waals surface area (Å²) in [6.07, 6.45) is 3.80. The second-order valence-electron chi connectivity index (χ2n) is 8.97. The number of ether oxygens (including phenoxy) is 1. The molecule has 0 bridgehead atoms. The quantitative estimate of drug-likeness (QED) is 0.372. The SMILES string of the molecule is CCCc1cn(C)c(C(N)=O)c1NC(=O)c1cc(S(=O)(=O)N2CCN(CCCO)CC2)ccc1OCC. The Kier molecular flexibility index (Phi) is 9.71. The van der Waals surface area contributed by atoms with Gasteiger partial charge in [0.15, 0.2) is 0 Å². The third-order valence-electron chi connectivity index (χ3n) is 6.35. The lowest BCUT2D eigenvalue weighted by molar-refractivity contribution is 0.0993. The number of amides is 2. The van der Waals surface area contributed by atoms with E-state index < -0.39 is 21.8 Å². The van der Waals surface area contributed by atoms with Crippen LogP contribution in [0.1, 0.15) is 53.1 Å². The van der Waals surface area contributed by atoms with Crippen LogP contribution in [0.3, 0.4) is 0 Å². The van der Waals surface area contributed by atoms with Crippen molar-refractivity contribution in [2.24, 2.45) is 12.8 Å². The number of sulfonamides is 1. The zero-order chi connectivity index (χ0) is 27.2. The van der Waals surface area contributed by atoms with E-state index >= 15 is 0 Å². The molecule has 4 N–H and O–H groups in total. The van der Waals surface area contributed by atoms with E-state index in [1.165, 1.54) is 22.5 Å². The first-order valence-corrected chi connectivity index (χ1v) is 14.0. The molecule has 2 aromatic rings. The Morgan fingerprint density at radius 2 is 1.86 bits per heavy atom. The Morgan fingerprint density at radius 1 is 1.16 bits per heavy atom. The van der Waals surface area contributed by atoms with Crippen LogP contribution in [0.15, 0.2) is 29.3 Å². The van der Waals surface area contributed by atoms with Gasteiger partial charge in [0.25, 0.3) is 11.8 Å². The molecule has 1 aliphatic rings. The molecule has 12 heteroatoms. The fraction of sp³-hybridized carbons (Fsp3) is 0.520. The van der Waals surface area contributed by atoms with E-state index in [1.54, 1.807) is 24.7 Å². The number of carbonyl (C=O) groups excluding carboxylic acids is 2. The van der Waals surface area contributed by atoms with Gasteiger partial charge in [-0.05, 0) is 43.5 Å². The molecular weight excluding hydrogens is 498 g/mol. The lowest BCUT2D eigenvalue weighted by Gasteiger charge is -2.33. The molecule has 1 aromatic heterocycles. The van der Waals surface area contributed by atoms with Crippen molar-refractivity contribution in [2.45, 2.75) is 38.0 Å². The summed E-state index contributed by atoms with van der Waals surface area (Å²) < 4.78 is 35.5. The van der Waals surface area contributed by atoms with Gasteiger partial charge in [-0.3, -0.25) is 9.59 Å². The predicted molar refractivity (Wildman–Crippen MR) is 140 cm³/mol. The molecule has 204 valence electrons. The molecule has 1 saturated heterocycles. The lowest BCUT2D eigenvalue weighted by atomic mass is 10.1. The topological polar surface area (TPSA) is 147 Å². The zero-order valence-corrected chi connectivity index (χ0v) is 22.5. The monoisotopic (exact) mass is 535 g/mol. The van der Waals surface area contributed by atoms with Crippen molar-refractivity contribution in [3.63, 3.8) is 0 Å². The van der Waals surface area contributed by atoms with E-state index in [2.05, 4.69) is 10.2 Å². The number of nitrogens with one attached hydrogen (secondary N) is 1. The number of nitrogens with two attached hydrogens (primary N) is 1. The van der Waals surface area contributed by atoms with Crippen molar-refractivity contribution in [2.75, 3.05) is 51.3 Å². The van der Waals surface area contributed by atoms with E-state index in [0.29, 0.717) is 51.3 Å². The van der Waals surface area contributed by atoms with Crippen LogP contribution in [0, 0.1) is 0 Å². The summed E-state index contributed by atoms with van der Waals surface area (Å²) in [6.45, 7) is 6.59. The van der Waals surface area contributed by atoms with Crippen LogP contribution in [0.25, 0.3) is 0 Å². The molecule has 11 nitrogen and oxygen atoms in total. The van der Waals surface area contributed by atoms with Gasteiger partial charge in [-0.15, -0.1) is 0 Å². The third-order valence-corrected chi connectivity index (χ3v) is 8.24. The number of primary amides is 1. The van der Waals surface area contributed by atoms with Crippen LogP contribution in [0.2, 0.25) is 0 Å². The number of nitrogens with zero attached hydrogens (tertiary/aromatic N) is 3. The van der Waals surface area contributed by atoms with Crippen LogP contribution in [0.4, 0.5) is 5.69 Å². The molecule has 0 radical (unpaired) electrons. The van der Waals surface area contributed by atoms with Gasteiger partial charge in [0, 0.05) is 52.6 Å². The fourth-order valence-electron chi connectivity index (χ4n) is 4.53. The summed E-state index contributed by atoms with van der Waals surface area (Å²) in [6, 6.07) is 4.24. The number of rotatable bonds is 12. The molecule has 37 heavy (non-hydrogen) atoms. The van der Waals surface area contributed by atoms with Crippen LogP contribution < -0.4 is 15.8 Å². The minimum atomic E-state index is -3.86. The number of hydrogen-bond acceptors (Lipinski definition) is 7. The molecule has 1 aromatic carbocycles. The highest BCUT2D eigenvalue weighted by Crippen LogP contribution is 2.29. The summed E-state index contributed by atoms with van der Waals surface area (Å²) in [4.78, 5) is 27.7. The fourth-order valence-corrected chi connectivity index (χ4v) is 5.98. The van der Waals surface area contributed by atoms with Crippen molar-refractivity contribution in [1.29, 1.82) is 0 Å². The van der Waals surface area contributed by atoms with Crippen LogP contribution in [-0.4, -0.2) is 85.0 Å². The van der Waals surface area contributed by atoms with Crippen molar-refractivity contribution >= 4 is 27.5 Å². The number of aliphatic hydroxyl groups is 1. The van der Waals surface area contributed by atoms with Gasteiger partial charge in [0.2, 0.25) is 10.0 Å². The second kappa shape index (κ2) is 12.5. The molecule has 0 saturated carbocycles. The van der Waals surface area contributed by atoms with Gasteiger partial charge in [-0.25, -0.2) is 8.42 Å². The number of hydrogen-bond donors (Lipinski definition) is 3. The van der Waals surface area contributed by atoms with Gasteiger partial charge in [0.05, 0.1) is 22.8 Å². The standard InChI is InChI=1S/C25H37N5O6S/c1-4-7-18-17-28(3)23(24(26)32)22(18)27-25(33)20-16-19(8-9-21(20)36-5-2)37(34,35)30-13-11-29(12-14-30)10-6-15-31/h8-9,16-17,31H,4-7,10-15H2,1-3H3,(H2,26,32)(H,27,33). The molecule has 2 amide bonds. The summed E-state index contributed by atoms with van der Waals surface area (Å²) in [5.41, 5.74) is 6.87.